The highest BCUT2D eigenvalue weighted by atomic mass is 16.5. The van der Waals surface area contributed by atoms with Crippen molar-refractivity contribution in [2.45, 2.75) is 39.3 Å². The minimum atomic E-state index is -0.307. The predicted molar refractivity (Wildman–Crippen MR) is 55.0 cm³/mol. The topological polar surface area (TPSA) is 49.8 Å². The second-order valence-corrected chi connectivity index (χ2v) is 4.44. The molecule has 0 spiro atoms. The number of nitrogens with zero attached hydrogens (tertiary/aromatic N) is 1. The summed E-state index contributed by atoms with van der Waals surface area (Å²) < 4.78 is 5.33. The molecule has 84 valence electrons. The number of rotatable bonds is 4. The molecule has 1 N–H and O–H groups in total. The number of aliphatic hydroxyl groups is 1. The molecule has 0 aliphatic heterocycles. The van der Waals surface area contributed by atoms with Crippen LogP contribution in [0.1, 0.15) is 27.7 Å². The van der Waals surface area contributed by atoms with Gasteiger partial charge in [-0.15, -0.1) is 0 Å². The average Bonchev–Trinajstić information content (AvgIpc) is 2.10. The summed E-state index contributed by atoms with van der Waals surface area (Å²) in [6, 6.07) is -0.161. The number of hydrogen-bond acceptors (Lipinski definition) is 3. The molecule has 0 aromatic rings. The first-order valence-electron chi connectivity index (χ1n) is 4.78. The van der Waals surface area contributed by atoms with Crippen LogP contribution in [0.4, 0.5) is 0 Å². The predicted octanol–water partition coefficient (Wildman–Crippen LogP) is 0.641. The van der Waals surface area contributed by atoms with Crippen LogP contribution in [0.5, 0.6) is 0 Å². The van der Waals surface area contributed by atoms with Crippen LogP contribution < -0.4 is 0 Å². The first kappa shape index (κ1) is 13.4. The lowest BCUT2D eigenvalue weighted by molar-refractivity contribution is -0.142. The smallest absolute Gasteiger partial charge is 0.248 e. The lowest BCUT2D eigenvalue weighted by atomic mass is 10.2. The molecule has 0 aliphatic rings. The van der Waals surface area contributed by atoms with Gasteiger partial charge in [-0.1, -0.05) is 0 Å². The molecule has 0 saturated carbocycles. The van der Waals surface area contributed by atoms with Crippen LogP contribution in [-0.4, -0.2) is 47.8 Å². The van der Waals surface area contributed by atoms with Gasteiger partial charge >= 0.3 is 0 Å². The monoisotopic (exact) mass is 203 g/mol. The van der Waals surface area contributed by atoms with Gasteiger partial charge in [-0.2, -0.15) is 0 Å². The van der Waals surface area contributed by atoms with E-state index in [1.807, 2.05) is 20.8 Å². The minimum absolute atomic E-state index is 0.0300. The zero-order chi connectivity index (χ0) is 11.4. The van der Waals surface area contributed by atoms with Crippen molar-refractivity contribution in [2.75, 3.05) is 20.3 Å². The summed E-state index contributed by atoms with van der Waals surface area (Å²) >= 11 is 0. The number of aliphatic hydroxyl groups excluding tert-OH is 1. The summed E-state index contributed by atoms with van der Waals surface area (Å²) in [6.45, 7) is 7.51. The number of hydrogen-bond donors (Lipinski definition) is 1. The van der Waals surface area contributed by atoms with Crippen molar-refractivity contribution >= 4 is 5.91 Å². The maximum Gasteiger partial charge on any atom is 0.248 e. The quantitative estimate of drug-likeness (QED) is 0.729. The van der Waals surface area contributed by atoms with Crippen molar-refractivity contribution in [1.29, 1.82) is 0 Å². The third-order valence-corrected chi connectivity index (χ3v) is 1.95. The Labute approximate surface area is 85.9 Å². The molecule has 0 fully saturated rings. The van der Waals surface area contributed by atoms with Gasteiger partial charge in [0.15, 0.2) is 0 Å². The Hall–Kier alpha value is -0.610. The molecule has 4 nitrogen and oxygen atoms in total. The highest BCUT2D eigenvalue weighted by Crippen LogP contribution is 2.07. The summed E-state index contributed by atoms with van der Waals surface area (Å²) in [6.07, 6.45) is 0. The van der Waals surface area contributed by atoms with Crippen LogP contribution in [0.15, 0.2) is 0 Å². The Bertz CT molecular complexity index is 186. The summed E-state index contributed by atoms with van der Waals surface area (Å²) in [5.74, 6) is -0.110. The van der Waals surface area contributed by atoms with Gasteiger partial charge in [0, 0.05) is 7.05 Å². The summed E-state index contributed by atoms with van der Waals surface area (Å²) in [4.78, 5) is 13.0. The fraction of sp³-hybridized carbons (Fsp3) is 0.900. The van der Waals surface area contributed by atoms with Gasteiger partial charge in [-0.3, -0.25) is 4.79 Å². The second-order valence-electron chi connectivity index (χ2n) is 4.44. The van der Waals surface area contributed by atoms with Gasteiger partial charge in [-0.25, -0.2) is 0 Å². The average molecular weight is 203 g/mol. The zero-order valence-electron chi connectivity index (χ0n) is 9.70. The van der Waals surface area contributed by atoms with Gasteiger partial charge in [0.05, 0.1) is 18.2 Å². The maximum absolute atomic E-state index is 11.5. The van der Waals surface area contributed by atoms with Gasteiger partial charge in [0.1, 0.15) is 6.61 Å². The molecule has 4 heteroatoms. The lowest BCUT2D eigenvalue weighted by Crippen LogP contribution is -2.40. The fourth-order valence-corrected chi connectivity index (χ4v) is 0.748. The van der Waals surface area contributed by atoms with E-state index in [0.717, 1.165) is 0 Å². The van der Waals surface area contributed by atoms with Crippen LogP contribution in [0.2, 0.25) is 0 Å². The van der Waals surface area contributed by atoms with Crippen LogP contribution in [-0.2, 0) is 9.53 Å². The molecule has 0 heterocycles. The lowest BCUT2D eigenvalue weighted by Gasteiger charge is -2.25. The Kier molecular flexibility index (Phi) is 5.08. The molecule has 1 unspecified atom stereocenters. The molecular formula is C10H21NO3. The number of carbonyl (C=O) groups excluding carboxylic acids is 1. The van der Waals surface area contributed by atoms with Gasteiger partial charge in [-0.05, 0) is 27.7 Å². The van der Waals surface area contributed by atoms with Gasteiger partial charge in [0.2, 0.25) is 5.91 Å². The largest absolute Gasteiger partial charge is 0.394 e. The highest BCUT2D eigenvalue weighted by Gasteiger charge is 2.18. The summed E-state index contributed by atoms with van der Waals surface area (Å²) in [5, 5.41) is 8.85. The normalized spacial score (nSPS) is 13.9. The second kappa shape index (κ2) is 5.32. The third-order valence-electron chi connectivity index (χ3n) is 1.95. The standard InChI is InChI=1S/C10H21NO3/c1-8(6-12)11(5)9(13)7-14-10(2,3)4/h8,12H,6-7H2,1-5H3. The van der Waals surface area contributed by atoms with Gasteiger partial charge < -0.3 is 14.7 Å². The van der Waals surface area contributed by atoms with Crippen LogP contribution in [0, 0.1) is 0 Å². The van der Waals surface area contributed by atoms with Crippen molar-refractivity contribution in [2.24, 2.45) is 0 Å². The fourth-order valence-electron chi connectivity index (χ4n) is 0.748. The SMILES string of the molecule is CC(CO)N(C)C(=O)COC(C)(C)C. The minimum Gasteiger partial charge on any atom is -0.394 e. The van der Waals surface area contributed by atoms with E-state index in [2.05, 4.69) is 0 Å². The molecule has 0 aliphatic carbocycles. The number of ether oxygens (including phenoxy) is 1. The molecule has 0 aromatic carbocycles. The summed E-state index contributed by atoms with van der Waals surface area (Å²) in [5.41, 5.74) is -0.307. The Morgan fingerprint density at radius 3 is 2.36 bits per heavy atom. The number of carbonyl (C=O) groups is 1. The molecule has 1 atom stereocenters. The molecule has 0 radical (unpaired) electrons. The van der Waals surface area contributed by atoms with Crippen molar-refractivity contribution in [3.63, 3.8) is 0 Å². The Balaban J connectivity index is 3.97. The molecule has 0 bridgehead atoms. The maximum atomic E-state index is 11.5. The van der Waals surface area contributed by atoms with E-state index >= 15 is 0 Å². The van der Waals surface area contributed by atoms with E-state index in [1.165, 1.54) is 4.90 Å². The van der Waals surface area contributed by atoms with E-state index in [4.69, 9.17) is 9.84 Å². The van der Waals surface area contributed by atoms with E-state index in [0.29, 0.717) is 0 Å². The van der Waals surface area contributed by atoms with Crippen molar-refractivity contribution < 1.29 is 14.6 Å². The Morgan fingerprint density at radius 2 is 2.00 bits per heavy atom. The van der Waals surface area contributed by atoms with Crippen LogP contribution >= 0.6 is 0 Å². The van der Waals surface area contributed by atoms with Crippen molar-refractivity contribution in [1.82, 2.24) is 4.90 Å². The van der Waals surface area contributed by atoms with Crippen molar-refractivity contribution in [3.05, 3.63) is 0 Å². The zero-order valence-corrected chi connectivity index (χ0v) is 9.70. The molecule has 0 rings (SSSR count). The highest BCUT2D eigenvalue weighted by molar-refractivity contribution is 5.77. The van der Waals surface area contributed by atoms with Crippen LogP contribution in [0.3, 0.4) is 0 Å². The molecule has 1 amide bonds. The third kappa shape index (κ3) is 5.19. The van der Waals surface area contributed by atoms with E-state index in [-0.39, 0.29) is 30.8 Å². The number of amides is 1. The van der Waals surface area contributed by atoms with E-state index in [1.54, 1.807) is 14.0 Å². The first-order valence-corrected chi connectivity index (χ1v) is 4.78. The first-order chi connectivity index (χ1) is 6.28. The summed E-state index contributed by atoms with van der Waals surface area (Å²) in [7, 11) is 1.66. The Morgan fingerprint density at radius 1 is 1.50 bits per heavy atom. The van der Waals surface area contributed by atoms with Gasteiger partial charge in [0.25, 0.3) is 0 Å². The van der Waals surface area contributed by atoms with E-state index in [9.17, 15) is 4.79 Å². The molecule has 0 aromatic heterocycles. The van der Waals surface area contributed by atoms with Crippen LogP contribution in [0.25, 0.3) is 0 Å². The number of likely N-dealkylation sites (N-methyl/N-ethyl adjacent to an activating group) is 1. The van der Waals surface area contributed by atoms with E-state index < -0.39 is 0 Å². The molecular weight excluding hydrogens is 182 g/mol. The molecule has 14 heavy (non-hydrogen) atoms. The van der Waals surface area contributed by atoms with Crippen molar-refractivity contribution in [3.8, 4) is 0 Å². The molecule has 0 saturated heterocycles.